The van der Waals surface area contributed by atoms with E-state index in [2.05, 4.69) is 4.98 Å². The topological polar surface area (TPSA) is 143 Å². The molecule has 3 aliphatic rings. The van der Waals surface area contributed by atoms with E-state index in [1.54, 1.807) is 4.90 Å². The molecule has 158 valence electrons. The maximum absolute atomic E-state index is 12.7. The number of aromatic nitrogens is 2. The molecule has 11 nitrogen and oxygen atoms in total. The van der Waals surface area contributed by atoms with E-state index in [0.29, 0.717) is 13.0 Å². The van der Waals surface area contributed by atoms with Crippen LogP contribution in [0.3, 0.4) is 0 Å². The zero-order valence-corrected chi connectivity index (χ0v) is 16.1. The van der Waals surface area contributed by atoms with Gasteiger partial charge in [-0.2, -0.15) is 4.98 Å². The molecule has 4 atom stereocenters. The van der Waals surface area contributed by atoms with Crippen molar-refractivity contribution in [3.8, 4) is 0 Å². The van der Waals surface area contributed by atoms with E-state index in [9.17, 15) is 14.4 Å². The van der Waals surface area contributed by atoms with E-state index >= 15 is 0 Å². The summed E-state index contributed by atoms with van der Waals surface area (Å²) < 4.78 is 17.7. The average molecular weight is 408 g/mol. The van der Waals surface area contributed by atoms with Crippen molar-refractivity contribution in [2.75, 3.05) is 32.0 Å². The fourth-order valence-corrected chi connectivity index (χ4v) is 4.06. The third kappa shape index (κ3) is 4.26. The van der Waals surface area contributed by atoms with E-state index in [1.165, 1.54) is 16.8 Å². The van der Waals surface area contributed by atoms with E-state index in [1.807, 2.05) is 5.32 Å². The number of nitrogens with zero attached hydrogens (tertiary/aromatic N) is 3. The Balaban J connectivity index is 1.29. The Morgan fingerprint density at radius 2 is 2.21 bits per heavy atom. The molecule has 0 aromatic carbocycles. The van der Waals surface area contributed by atoms with Gasteiger partial charge >= 0.3 is 11.7 Å². The maximum atomic E-state index is 12.7. The van der Waals surface area contributed by atoms with Crippen molar-refractivity contribution in [3.63, 3.8) is 0 Å². The number of carbonyl (C=O) groups is 2. The van der Waals surface area contributed by atoms with Gasteiger partial charge in [0.05, 0.1) is 13.2 Å². The SMILES string of the molecule is Nc1ccn([C@H]2CO[C@@H](COC(=O)C3CCCN3C(=O)C3CCC[NH2+]3)O2)c(=O)n1. The summed E-state index contributed by atoms with van der Waals surface area (Å²) in [5.74, 6) is -0.303. The molecular formula is C18H26N5O6+. The Morgan fingerprint density at radius 1 is 1.34 bits per heavy atom. The van der Waals surface area contributed by atoms with Crippen LogP contribution in [0.5, 0.6) is 0 Å². The summed E-state index contributed by atoms with van der Waals surface area (Å²) >= 11 is 0. The molecule has 29 heavy (non-hydrogen) atoms. The average Bonchev–Trinajstić information content (AvgIpc) is 3.47. The Morgan fingerprint density at radius 3 is 2.97 bits per heavy atom. The lowest BCUT2D eigenvalue weighted by Crippen LogP contribution is -2.89. The quantitative estimate of drug-likeness (QED) is 0.531. The van der Waals surface area contributed by atoms with E-state index < -0.39 is 30.2 Å². The lowest BCUT2D eigenvalue weighted by molar-refractivity contribution is -0.658. The molecule has 0 saturated carbocycles. The number of esters is 1. The first-order valence-corrected chi connectivity index (χ1v) is 9.95. The highest BCUT2D eigenvalue weighted by Crippen LogP contribution is 2.23. The van der Waals surface area contributed by atoms with Crippen molar-refractivity contribution in [1.29, 1.82) is 0 Å². The highest BCUT2D eigenvalue weighted by Gasteiger charge is 2.41. The fraction of sp³-hybridized carbons (Fsp3) is 0.667. The predicted octanol–water partition coefficient (Wildman–Crippen LogP) is -2.04. The molecule has 1 amide bonds. The second kappa shape index (κ2) is 8.47. The van der Waals surface area contributed by atoms with Crippen molar-refractivity contribution in [2.45, 2.75) is 50.3 Å². The molecule has 1 aromatic heterocycles. The first-order valence-electron chi connectivity index (χ1n) is 9.95. The summed E-state index contributed by atoms with van der Waals surface area (Å²) in [5.41, 5.74) is 4.94. The minimum Gasteiger partial charge on any atom is -0.459 e. The number of amides is 1. The normalized spacial score (nSPS) is 29.3. The first kappa shape index (κ1) is 19.8. The number of likely N-dealkylation sites (tertiary alicyclic amines) is 1. The van der Waals surface area contributed by atoms with Crippen molar-refractivity contribution >= 4 is 17.7 Å². The van der Waals surface area contributed by atoms with E-state index in [4.69, 9.17) is 19.9 Å². The molecule has 0 aliphatic carbocycles. The summed E-state index contributed by atoms with van der Waals surface area (Å²) in [6.45, 7) is 1.54. The van der Waals surface area contributed by atoms with Gasteiger partial charge in [-0.3, -0.25) is 9.36 Å². The second-order valence-electron chi connectivity index (χ2n) is 7.49. The molecule has 11 heteroatoms. The number of ether oxygens (including phenoxy) is 3. The maximum Gasteiger partial charge on any atom is 0.351 e. The lowest BCUT2D eigenvalue weighted by atomic mass is 10.1. The largest absolute Gasteiger partial charge is 0.459 e. The molecule has 3 fully saturated rings. The number of carbonyl (C=O) groups excluding carboxylic acids is 2. The predicted molar refractivity (Wildman–Crippen MR) is 98.3 cm³/mol. The number of nitrogens with two attached hydrogens (primary N) is 2. The fourth-order valence-electron chi connectivity index (χ4n) is 4.06. The van der Waals surface area contributed by atoms with Gasteiger partial charge in [-0.25, -0.2) is 9.59 Å². The summed E-state index contributed by atoms with van der Waals surface area (Å²) in [7, 11) is 0. The van der Waals surface area contributed by atoms with E-state index in [0.717, 1.165) is 25.8 Å². The van der Waals surface area contributed by atoms with Crippen LogP contribution in [0.25, 0.3) is 0 Å². The number of rotatable bonds is 5. The Bertz CT molecular complexity index is 823. The molecule has 3 saturated heterocycles. The first-order chi connectivity index (χ1) is 14.0. The summed E-state index contributed by atoms with van der Waals surface area (Å²) in [6, 6.07) is 0.848. The Kier molecular flexibility index (Phi) is 5.79. The molecule has 4 rings (SSSR count). The zero-order chi connectivity index (χ0) is 20.4. The van der Waals surface area contributed by atoms with Crippen LogP contribution >= 0.6 is 0 Å². The van der Waals surface area contributed by atoms with Gasteiger partial charge in [0.2, 0.25) is 0 Å². The van der Waals surface area contributed by atoms with Gasteiger partial charge in [0.15, 0.2) is 18.6 Å². The Hall–Kier alpha value is -2.50. The summed E-state index contributed by atoms with van der Waals surface area (Å²) in [4.78, 5) is 42.4. The van der Waals surface area contributed by atoms with Gasteiger partial charge < -0.3 is 30.2 Å². The van der Waals surface area contributed by atoms with Crippen LogP contribution in [0.2, 0.25) is 0 Å². The van der Waals surface area contributed by atoms with E-state index in [-0.39, 0.29) is 31.0 Å². The lowest BCUT2D eigenvalue weighted by Gasteiger charge is -2.25. The van der Waals surface area contributed by atoms with Crippen LogP contribution in [0.4, 0.5) is 5.82 Å². The van der Waals surface area contributed by atoms with Crippen LogP contribution < -0.4 is 16.7 Å². The highest BCUT2D eigenvalue weighted by atomic mass is 16.7. The van der Waals surface area contributed by atoms with Gasteiger partial charge in [-0.1, -0.05) is 0 Å². The summed E-state index contributed by atoms with van der Waals surface area (Å²) in [5, 5.41) is 2.04. The number of nitrogen functional groups attached to an aromatic ring is 1. The van der Waals surface area contributed by atoms with Crippen LogP contribution in [0.15, 0.2) is 17.1 Å². The van der Waals surface area contributed by atoms with Crippen molar-refractivity contribution in [2.24, 2.45) is 0 Å². The smallest absolute Gasteiger partial charge is 0.351 e. The van der Waals surface area contributed by atoms with Crippen LogP contribution in [0.1, 0.15) is 31.9 Å². The van der Waals surface area contributed by atoms with Crippen LogP contribution in [0, 0.1) is 0 Å². The van der Waals surface area contributed by atoms with Crippen molar-refractivity contribution < 1.29 is 29.1 Å². The van der Waals surface area contributed by atoms with Crippen LogP contribution in [-0.4, -0.2) is 71.0 Å². The molecule has 0 bridgehead atoms. The van der Waals surface area contributed by atoms with Gasteiger partial charge in [0.1, 0.15) is 18.5 Å². The second-order valence-corrected chi connectivity index (χ2v) is 7.49. The standard InChI is InChI=1S/C18H25N5O6/c19-13-5-8-23(18(26)21-13)14-9-27-15(29-14)10-28-17(25)12-4-2-7-22(12)16(24)11-3-1-6-20-11/h5,8,11-12,14-15,20H,1-4,6-7,9-10H2,(H2,19,21,26)/p+1/t11?,12?,14-,15-/m1/s1. The number of quaternary nitrogens is 1. The molecule has 2 unspecified atom stereocenters. The molecular weight excluding hydrogens is 382 g/mol. The highest BCUT2D eigenvalue weighted by molar-refractivity contribution is 5.87. The number of hydrogen-bond donors (Lipinski definition) is 2. The van der Waals surface area contributed by atoms with Crippen molar-refractivity contribution in [1.82, 2.24) is 14.5 Å². The van der Waals surface area contributed by atoms with Gasteiger partial charge in [-0.15, -0.1) is 0 Å². The third-order valence-electron chi connectivity index (χ3n) is 5.55. The minimum absolute atomic E-state index is 0.0191. The zero-order valence-electron chi connectivity index (χ0n) is 16.1. The molecule has 0 spiro atoms. The number of anilines is 1. The third-order valence-corrected chi connectivity index (χ3v) is 5.55. The molecule has 3 aliphatic heterocycles. The van der Waals surface area contributed by atoms with Gasteiger partial charge in [0.25, 0.3) is 5.91 Å². The Labute approximate surface area is 167 Å². The van der Waals surface area contributed by atoms with Gasteiger partial charge in [0, 0.05) is 25.6 Å². The molecule has 4 heterocycles. The minimum atomic E-state index is -0.790. The molecule has 0 radical (unpaired) electrons. The van der Waals surface area contributed by atoms with Crippen molar-refractivity contribution in [3.05, 3.63) is 22.7 Å². The van der Waals surface area contributed by atoms with Gasteiger partial charge in [-0.05, 0) is 18.9 Å². The number of hydrogen-bond acceptors (Lipinski definition) is 8. The molecule has 4 N–H and O–H groups in total. The summed E-state index contributed by atoms with van der Waals surface area (Å²) in [6.07, 6.45) is 3.27. The monoisotopic (exact) mass is 408 g/mol. The van der Waals surface area contributed by atoms with Crippen LogP contribution in [-0.2, 0) is 23.8 Å². The molecule has 1 aromatic rings.